The van der Waals surface area contributed by atoms with E-state index in [-0.39, 0.29) is 0 Å². The summed E-state index contributed by atoms with van der Waals surface area (Å²) in [7, 11) is 0. The average Bonchev–Trinajstić information content (AvgIpc) is 2.56. The quantitative estimate of drug-likeness (QED) is 0.570. The third-order valence-corrected chi connectivity index (χ3v) is 3.42. The van der Waals surface area contributed by atoms with Crippen molar-refractivity contribution in [2.45, 2.75) is 13.3 Å². The summed E-state index contributed by atoms with van der Waals surface area (Å²) in [5.74, 6) is 1.79. The zero-order chi connectivity index (χ0) is 13.8. The molecule has 0 N–H and O–H groups in total. The predicted molar refractivity (Wildman–Crippen MR) is 83.4 cm³/mol. The molecule has 0 saturated heterocycles. The minimum absolute atomic E-state index is 0.891. The Bertz CT molecular complexity index is 684. The van der Waals surface area contributed by atoms with Gasteiger partial charge in [0.1, 0.15) is 0 Å². The molecule has 1 nitrogen and oxygen atoms in total. The van der Waals surface area contributed by atoms with Crippen LogP contribution in [0.4, 0.5) is 0 Å². The summed E-state index contributed by atoms with van der Waals surface area (Å²) in [5.41, 5.74) is 3.55. The molecule has 0 bridgehead atoms. The SMILES string of the molecule is CCc1ccc(-c2cccc(-c3ccccc3)[o+]2)cc1. The van der Waals surface area contributed by atoms with Crippen LogP contribution in [-0.4, -0.2) is 0 Å². The summed E-state index contributed by atoms with van der Waals surface area (Å²) in [5, 5.41) is 0. The molecular weight excluding hydrogens is 244 g/mol. The highest BCUT2D eigenvalue weighted by molar-refractivity contribution is 5.62. The van der Waals surface area contributed by atoms with Gasteiger partial charge >= 0.3 is 11.5 Å². The van der Waals surface area contributed by atoms with Crippen LogP contribution >= 0.6 is 0 Å². The second-order valence-electron chi connectivity index (χ2n) is 4.77. The zero-order valence-electron chi connectivity index (χ0n) is 11.5. The lowest BCUT2D eigenvalue weighted by atomic mass is 10.1. The molecule has 0 amide bonds. The van der Waals surface area contributed by atoms with Crippen LogP contribution in [0, 0.1) is 0 Å². The molecule has 1 aromatic heterocycles. The van der Waals surface area contributed by atoms with Gasteiger partial charge < -0.3 is 0 Å². The van der Waals surface area contributed by atoms with Crippen molar-refractivity contribution in [3.05, 3.63) is 78.4 Å². The van der Waals surface area contributed by atoms with E-state index >= 15 is 0 Å². The third kappa shape index (κ3) is 2.62. The Labute approximate surface area is 119 Å². The molecule has 0 aliphatic rings. The Morgan fingerprint density at radius 1 is 0.650 bits per heavy atom. The van der Waals surface area contributed by atoms with E-state index in [4.69, 9.17) is 4.42 Å². The van der Waals surface area contributed by atoms with E-state index in [9.17, 15) is 0 Å². The lowest BCUT2D eigenvalue weighted by Crippen LogP contribution is -1.83. The molecule has 0 unspecified atom stereocenters. The lowest BCUT2D eigenvalue weighted by Gasteiger charge is -1.97. The van der Waals surface area contributed by atoms with E-state index in [2.05, 4.69) is 43.3 Å². The smallest absolute Gasteiger partial charge is 0.207 e. The first-order valence-corrected chi connectivity index (χ1v) is 6.94. The van der Waals surface area contributed by atoms with Crippen molar-refractivity contribution < 1.29 is 4.42 Å². The summed E-state index contributed by atoms with van der Waals surface area (Å²) in [6.45, 7) is 2.16. The van der Waals surface area contributed by atoms with Gasteiger partial charge in [0.15, 0.2) is 0 Å². The number of hydrogen-bond donors (Lipinski definition) is 0. The van der Waals surface area contributed by atoms with Crippen LogP contribution in [0.3, 0.4) is 0 Å². The van der Waals surface area contributed by atoms with Gasteiger partial charge in [-0.1, -0.05) is 37.3 Å². The molecule has 3 aromatic rings. The Morgan fingerprint density at radius 3 is 1.85 bits per heavy atom. The molecule has 20 heavy (non-hydrogen) atoms. The Kier molecular flexibility index (Phi) is 3.60. The van der Waals surface area contributed by atoms with Crippen LogP contribution in [0.25, 0.3) is 22.6 Å². The maximum atomic E-state index is 6.02. The van der Waals surface area contributed by atoms with Crippen LogP contribution in [0.15, 0.2) is 77.2 Å². The molecule has 3 rings (SSSR count). The first-order chi connectivity index (χ1) is 9.86. The van der Waals surface area contributed by atoms with Crippen LogP contribution in [0.2, 0.25) is 0 Å². The predicted octanol–water partition coefficient (Wildman–Crippen LogP) is 5.46. The molecule has 0 saturated carbocycles. The number of aryl methyl sites for hydroxylation is 1. The summed E-state index contributed by atoms with van der Waals surface area (Å²) in [4.78, 5) is 0. The number of benzene rings is 2. The Hall–Kier alpha value is -2.41. The largest absolute Gasteiger partial charge is 0.360 e. The van der Waals surface area contributed by atoms with Crippen LogP contribution in [-0.2, 0) is 6.42 Å². The highest BCUT2D eigenvalue weighted by Crippen LogP contribution is 2.26. The standard InChI is InChI=1S/C19H17O/c1-2-15-11-13-17(14-12-15)19-10-6-9-18(20-19)16-7-4-3-5-8-16/h3-14H,2H2,1H3/q+1. The highest BCUT2D eigenvalue weighted by atomic mass is 16.3. The van der Waals surface area contributed by atoms with Crippen molar-refractivity contribution in [1.29, 1.82) is 0 Å². The molecule has 98 valence electrons. The number of hydrogen-bond acceptors (Lipinski definition) is 0. The van der Waals surface area contributed by atoms with Crippen molar-refractivity contribution in [2.24, 2.45) is 0 Å². The molecule has 0 radical (unpaired) electrons. The summed E-state index contributed by atoms with van der Waals surface area (Å²) in [6.07, 6.45) is 1.06. The average molecular weight is 261 g/mol. The topological polar surface area (TPSA) is 11.3 Å². The molecule has 1 heterocycles. The minimum Gasteiger partial charge on any atom is -0.207 e. The monoisotopic (exact) mass is 261 g/mol. The molecule has 1 heteroatoms. The van der Waals surface area contributed by atoms with Crippen LogP contribution < -0.4 is 0 Å². The summed E-state index contributed by atoms with van der Waals surface area (Å²) < 4.78 is 6.02. The molecule has 0 spiro atoms. The van der Waals surface area contributed by atoms with Gasteiger partial charge in [-0.15, -0.1) is 0 Å². The van der Waals surface area contributed by atoms with Crippen molar-refractivity contribution in [3.8, 4) is 22.6 Å². The van der Waals surface area contributed by atoms with Gasteiger partial charge in [-0.05, 0) is 42.3 Å². The second kappa shape index (κ2) is 5.70. The Morgan fingerprint density at radius 2 is 1.25 bits per heavy atom. The maximum absolute atomic E-state index is 6.02. The zero-order valence-corrected chi connectivity index (χ0v) is 11.5. The first-order valence-electron chi connectivity index (χ1n) is 6.94. The van der Waals surface area contributed by atoms with E-state index in [1.807, 2.05) is 36.4 Å². The van der Waals surface area contributed by atoms with Gasteiger partial charge in [-0.3, -0.25) is 0 Å². The fourth-order valence-corrected chi connectivity index (χ4v) is 2.23. The van der Waals surface area contributed by atoms with E-state index in [0.717, 1.165) is 29.1 Å². The maximum Gasteiger partial charge on any atom is 0.360 e. The fraction of sp³-hybridized carbons (Fsp3) is 0.105. The van der Waals surface area contributed by atoms with E-state index < -0.39 is 0 Å². The van der Waals surface area contributed by atoms with Gasteiger partial charge in [-0.25, -0.2) is 4.42 Å². The second-order valence-corrected chi connectivity index (χ2v) is 4.77. The minimum atomic E-state index is 0.891. The lowest BCUT2D eigenvalue weighted by molar-refractivity contribution is 0.582. The van der Waals surface area contributed by atoms with Crippen molar-refractivity contribution in [1.82, 2.24) is 0 Å². The van der Waals surface area contributed by atoms with Crippen molar-refractivity contribution in [3.63, 3.8) is 0 Å². The highest BCUT2D eigenvalue weighted by Gasteiger charge is 2.16. The molecular formula is C19H17O+. The van der Waals surface area contributed by atoms with Crippen LogP contribution in [0.1, 0.15) is 12.5 Å². The van der Waals surface area contributed by atoms with E-state index in [0.29, 0.717) is 0 Å². The molecule has 0 aliphatic heterocycles. The van der Waals surface area contributed by atoms with Gasteiger partial charge in [0.05, 0.1) is 11.1 Å². The van der Waals surface area contributed by atoms with E-state index in [1.165, 1.54) is 5.56 Å². The van der Waals surface area contributed by atoms with Gasteiger partial charge in [0.2, 0.25) is 0 Å². The van der Waals surface area contributed by atoms with Gasteiger partial charge in [0.25, 0.3) is 0 Å². The van der Waals surface area contributed by atoms with Crippen molar-refractivity contribution >= 4 is 0 Å². The molecule has 0 aliphatic carbocycles. The first kappa shape index (κ1) is 12.6. The molecule has 0 atom stereocenters. The van der Waals surface area contributed by atoms with Gasteiger partial charge in [0, 0.05) is 12.1 Å². The molecule has 0 fully saturated rings. The van der Waals surface area contributed by atoms with E-state index in [1.54, 1.807) is 0 Å². The fourth-order valence-electron chi connectivity index (χ4n) is 2.23. The Balaban J connectivity index is 1.98. The van der Waals surface area contributed by atoms with Crippen LogP contribution in [0.5, 0.6) is 0 Å². The van der Waals surface area contributed by atoms with Gasteiger partial charge in [-0.2, -0.15) is 0 Å². The van der Waals surface area contributed by atoms with Crippen molar-refractivity contribution in [2.75, 3.05) is 0 Å². The third-order valence-electron chi connectivity index (χ3n) is 3.42. The summed E-state index contributed by atoms with van der Waals surface area (Å²) >= 11 is 0. The molecule has 2 aromatic carbocycles. The normalized spacial score (nSPS) is 10.4. The summed E-state index contributed by atoms with van der Waals surface area (Å²) in [6, 6.07) is 24.8. The number of rotatable bonds is 3.